The lowest BCUT2D eigenvalue weighted by atomic mass is 10.1. The minimum absolute atomic E-state index is 0.368. The molecule has 1 aliphatic heterocycles. The van der Waals surface area contributed by atoms with Crippen molar-refractivity contribution in [2.75, 3.05) is 6.35 Å². The molecule has 17 heavy (non-hydrogen) atoms. The Morgan fingerprint density at radius 3 is 2.41 bits per heavy atom. The lowest BCUT2D eigenvalue weighted by Gasteiger charge is -2.15. The Bertz CT molecular complexity index is 389. The van der Waals surface area contributed by atoms with Gasteiger partial charge in [0.05, 0.1) is 11.7 Å². The third kappa shape index (κ3) is 1.77. The number of ether oxygens (including phenoxy) is 2. The molecular weight excluding hydrogens is 251 g/mol. The summed E-state index contributed by atoms with van der Waals surface area (Å²) in [5, 5.41) is 19.7. The fourth-order valence-electron chi connectivity index (χ4n) is 2.61. The van der Waals surface area contributed by atoms with Gasteiger partial charge < -0.3 is 29.5 Å². The average Bonchev–Trinajstić information content (AvgIpc) is 3.09. The highest BCUT2D eigenvalue weighted by atomic mass is 31.2. The van der Waals surface area contributed by atoms with E-state index in [-0.39, 0.29) is 0 Å². The highest BCUT2D eigenvalue weighted by Gasteiger charge is 2.76. The summed E-state index contributed by atoms with van der Waals surface area (Å²) in [6.07, 6.45) is -1.40. The van der Waals surface area contributed by atoms with Crippen molar-refractivity contribution in [3.05, 3.63) is 0 Å². The molecule has 3 fully saturated rings. The molecule has 2 saturated carbocycles. The van der Waals surface area contributed by atoms with Crippen LogP contribution in [0.1, 0.15) is 19.3 Å². The molecule has 0 radical (unpaired) electrons. The maximum Gasteiger partial charge on any atom is 0.350 e. The minimum Gasteiger partial charge on any atom is -0.387 e. The van der Waals surface area contributed by atoms with E-state index in [9.17, 15) is 14.8 Å². The summed E-state index contributed by atoms with van der Waals surface area (Å²) in [6.45, 7) is 0. The average molecular weight is 266 g/mol. The SMILES string of the molecule is O=P(O)(O)CO[C@@H]1C[C@]12OC1(CC1)[C@H](O)[C@@H]2O. The Hall–Kier alpha value is -0.0100. The highest BCUT2D eigenvalue weighted by molar-refractivity contribution is 7.51. The molecule has 3 aliphatic rings. The molecule has 2 aliphatic carbocycles. The normalized spacial score (nSPS) is 46.7. The fraction of sp³-hybridized carbons (Fsp3) is 1.00. The van der Waals surface area contributed by atoms with Crippen LogP contribution < -0.4 is 0 Å². The van der Waals surface area contributed by atoms with E-state index in [0.29, 0.717) is 19.3 Å². The van der Waals surface area contributed by atoms with Crippen LogP contribution in [0.15, 0.2) is 0 Å². The molecule has 0 aromatic heterocycles. The van der Waals surface area contributed by atoms with Gasteiger partial charge in [0.1, 0.15) is 24.2 Å². The highest BCUT2D eigenvalue weighted by Crippen LogP contribution is 2.62. The van der Waals surface area contributed by atoms with Gasteiger partial charge in [-0.1, -0.05) is 0 Å². The first-order chi connectivity index (χ1) is 7.79. The Labute approximate surface area is 97.5 Å². The molecule has 2 spiro atoms. The van der Waals surface area contributed by atoms with E-state index < -0.39 is 43.5 Å². The third-order valence-corrected chi connectivity index (χ3v) is 4.29. The van der Waals surface area contributed by atoms with Crippen LogP contribution in [0.2, 0.25) is 0 Å². The number of aliphatic hydroxyl groups is 2. The van der Waals surface area contributed by atoms with E-state index in [1.165, 1.54) is 0 Å². The van der Waals surface area contributed by atoms with Gasteiger partial charge >= 0.3 is 7.60 Å². The number of hydrogen-bond donors (Lipinski definition) is 4. The molecule has 0 bridgehead atoms. The van der Waals surface area contributed by atoms with Crippen LogP contribution in [0, 0.1) is 0 Å². The van der Waals surface area contributed by atoms with E-state index in [1.807, 2.05) is 0 Å². The van der Waals surface area contributed by atoms with Gasteiger partial charge in [-0.05, 0) is 12.8 Å². The van der Waals surface area contributed by atoms with Gasteiger partial charge in [-0.15, -0.1) is 0 Å². The van der Waals surface area contributed by atoms with Crippen molar-refractivity contribution in [2.45, 2.75) is 48.8 Å². The Balaban J connectivity index is 1.65. The van der Waals surface area contributed by atoms with E-state index in [2.05, 4.69) is 0 Å². The van der Waals surface area contributed by atoms with Crippen molar-refractivity contribution in [2.24, 2.45) is 0 Å². The maximum atomic E-state index is 10.7. The summed E-state index contributed by atoms with van der Waals surface area (Å²) in [5.41, 5.74) is -1.59. The van der Waals surface area contributed by atoms with Gasteiger partial charge in [0, 0.05) is 6.42 Å². The second-order valence-corrected chi connectivity index (χ2v) is 6.75. The molecule has 98 valence electrons. The lowest BCUT2D eigenvalue weighted by Crippen LogP contribution is -2.36. The van der Waals surface area contributed by atoms with Crippen LogP contribution in [0.3, 0.4) is 0 Å². The van der Waals surface area contributed by atoms with Crippen LogP contribution in [-0.4, -0.2) is 55.9 Å². The quantitative estimate of drug-likeness (QED) is 0.481. The molecule has 0 aromatic carbocycles. The predicted molar refractivity (Wildman–Crippen MR) is 54.2 cm³/mol. The Morgan fingerprint density at radius 1 is 1.29 bits per heavy atom. The smallest absolute Gasteiger partial charge is 0.350 e. The topological polar surface area (TPSA) is 116 Å². The summed E-state index contributed by atoms with van der Waals surface area (Å²) in [4.78, 5) is 17.4. The van der Waals surface area contributed by atoms with E-state index >= 15 is 0 Å². The van der Waals surface area contributed by atoms with Gasteiger partial charge in [0.2, 0.25) is 0 Å². The molecule has 1 heterocycles. The number of aliphatic hydroxyl groups excluding tert-OH is 2. The van der Waals surface area contributed by atoms with Crippen molar-refractivity contribution in [3.8, 4) is 0 Å². The zero-order valence-electron chi connectivity index (χ0n) is 9.02. The second-order valence-electron chi connectivity index (χ2n) is 5.16. The Morgan fingerprint density at radius 2 is 1.94 bits per heavy atom. The summed E-state index contributed by atoms with van der Waals surface area (Å²) >= 11 is 0. The summed E-state index contributed by atoms with van der Waals surface area (Å²) < 4.78 is 21.4. The first kappa shape index (κ1) is 12.0. The Kier molecular flexibility index (Phi) is 2.34. The van der Waals surface area contributed by atoms with Crippen molar-refractivity contribution in [1.82, 2.24) is 0 Å². The largest absolute Gasteiger partial charge is 0.387 e. The van der Waals surface area contributed by atoms with Gasteiger partial charge in [0.25, 0.3) is 0 Å². The van der Waals surface area contributed by atoms with Crippen molar-refractivity contribution >= 4 is 7.60 Å². The zero-order valence-corrected chi connectivity index (χ0v) is 9.92. The van der Waals surface area contributed by atoms with Crippen LogP contribution in [0.25, 0.3) is 0 Å². The van der Waals surface area contributed by atoms with Crippen LogP contribution in [0.5, 0.6) is 0 Å². The molecule has 4 atom stereocenters. The molecule has 8 heteroatoms. The molecule has 0 unspecified atom stereocenters. The number of rotatable bonds is 3. The number of hydrogen-bond acceptors (Lipinski definition) is 5. The molecular formula is C9H15O7P. The zero-order chi connectivity index (χ0) is 12.5. The van der Waals surface area contributed by atoms with E-state index in [4.69, 9.17) is 19.3 Å². The van der Waals surface area contributed by atoms with Gasteiger partial charge in [-0.2, -0.15) is 0 Å². The minimum atomic E-state index is -4.21. The van der Waals surface area contributed by atoms with E-state index in [0.717, 1.165) is 0 Å². The predicted octanol–water partition coefficient (Wildman–Crippen LogP) is -1.07. The molecule has 7 nitrogen and oxygen atoms in total. The monoisotopic (exact) mass is 266 g/mol. The van der Waals surface area contributed by atoms with Gasteiger partial charge in [-0.25, -0.2) is 0 Å². The van der Waals surface area contributed by atoms with Crippen molar-refractivity contribution in [1.29, 1.82) is 0 Å². The van der Waals surface area contributed by atoms with Crippen LogP contribution in [-0.2, 0) is 14.0 Å². The van der Waals surface area contributed by atoms with Crippen LogP contribution in [0.4, 0.5) is 0 Å². The van der Waals surface area contributed by atoms with Gasteiger partial charge in [-0.3, -0.25) is 4.57 Å². The molecule has 0 amide bonds. The van der Waals surface area contributed by atoms with E-state index in [1.54, 1.807) is 0 Å². The summed E-state index contributed by atoms with van der Waals surface area (Å²) in [6, 6.07) is 0. The first-order valence-corrected chi connectivity index (χ1v) is 7.31. The molecule has 4 N–H and O–H groups in total. The van der Waals surface area contributed by atoms with Gasteiger partial charge in [0.15, 0.2) is 0 Å². The van der Waals surface area contributed by atoms with Crippen molar-refractivity contribution in [3.63, 3.8) is 0 Å². The standard InChI is InChI=1S/C9H15O7P/c10-6-7(11)9(16-8(6)1-2-8)3-5(9)15-4-17(12,13)14/h5-7,10-11H,1-4H2,(H2,12,13,14)/t5-,6-,7+,9+/m1/s1. The molecule has 3 rings (SSSR count). The summed E-state index contributed by atoms with van der Waals surface area (Å²) in [7, 11) is -4.21. The van der Waals surface area contributed by atoms with Crippen molar-refractivity contribution < 1.29 is 34.0 Å². The van der Waals surface area contributed by atoms with Crippen LogP contribution >= 0.6 is 7.60 Å². The first-order valence-electron chi connectivity index (χ1n) is 5.52. The molecule has 0 aromatic rings. The maximum absolute atomic E-state index is 10.7. The summed E-state index contributed by atoms with van der Waals surface area (Å²) in [5.74, 6) is 0. The lowest BCUT2D eigenvalue weighted by molar-refractivity contribution is -0.0570. The third-order valence-electron chi connectivity index (χ3n) is 3.81. The molecule has 1 saturated heterocycles. The fourth-order valence-corrected chi connectivity index (χ4v) is 2.99. The second kappa shape index (κ2) is 3.30.